The summed E-state index contributed by atoms with van der Waals surface area (Å²) in [5, 5.41) is 9.08. The summed E-state index contributed by atoms with van der Waals surface area (Å²) in [5.41, 5.74) is 2.37. The van der Waals surface area contributed by atoms with Crippen LogP contribution in [0.15, 0.2) is 52.3 Å². The van der Waals surface area contributed by atoms with E-state index in [4.69, 9.17) is 5.11 Å². The summed E-state index contributed by atoms with van der Waals surface area (Å²) < 4.78 is 0. The summed E-state index contributed by atoms with van der Waals surface area (Å²) >= 11 is 1.57. The van der Waals surface area contributed by atoms with Crippen LogP contribution in [0, 0.1) is 13.8 Å². The number of aryl methyl sites for hydroxylation is 2. The SMILES string of the molecule is Cc1ccc(Sc2ccc(C)c(C(=O)O)c2)cc1. The molecule has 0 aromatic heterocycles. The smallest absolute Gasteiger partial charge is 0.335 e. The summed E-state index contributed by atoms with van der Waals surface area (Å²) in [4.78, 5) is 13.1. The highest BCUT2D eigenvalue weighted by atomic mass is 32.2. The van der Waals surface area contributed by atoms with Gasteiger partial charge in [-0.1, -0.05) is 35.5 Å². The third-order valence-electron chi connectivity index (χ3n) is 2.70. The van der Waals surface area contributed by atoms with Crippen LogP contribution in [-0.2, 0) is 0 Å². The fourth-order valence-corrected chi connectivity index (χ4v) is 2.49. The first kappa shape index (κ1) is 12.7. The zero-order valence-corrected chi connectivity index (χ0v) is 11.1. The van der Waals surface area contributed by atoms with Crippen LogP contribution in [0.1, 0.15) is 21.5 Å². The second kappa shape index (κ2) is 5.27. The highest BCUT2D eigenvalue weighted by molar-refractivity contribution is 7.99. The summed E-state index contributed by atoms with van der Waals surface area (Å²) in [6.45, 7) is 3.85. The molecular weight excluding hydrogens is 244 g/mol. The van der Waals surface area contributed by atoms with Crippen LogP contribution >= 0.6 is 11.8 Å². The molecule has 92 valence electrons. The Morgan fingerprint density at radius 1 is 1.00 bits per heavy atom. The Labute approximate surface area is 111 Å². The number of aromatic carboxylic acids is 1. The van der Waals surface area contributed by atoms with Gasteiger partial charge in [0.25, 0.3) is 0 Å². The summed E-state index contributed by atoms with van der Waals surface area (Å²) in [6, 6.07) is 13.7. The average molecular weight is 258 g/mol. The zero-order valence-electron chi connectivity index (χ0n) is 10.3. The first-order valence-corrected chi connectivity index (χ1v) is 6.46. The van der Waals surface area contributed by atoms with Gasteiger partial charge in [0.1, 0.15) is 0 Å². The lowest BCUT2D eigenvalue weighted by Gasteiger charge is -2.05. The van der Waals surface area contributed by atoms with Gasteiger partial charge in [-0.3, -0.25) is 0 Å². The van der Waals surface area contributed by atoms with Gasteiger partial charge in [0.15, 0.2) is 0 Å². The van der Waals surface area contributed by atoms with Crippen LogP contribution in [0.25, 0.3) is 0 Å². The van der Waals surface area contributed by atoms with Gasteiger partial charge >= 0.3 is 5.97 Å². The molecule has 0 aliphatic rings. The van der Waals surface area contributed by atoms with Crippen molar-refractivity contribution in [1.82, 2.24) is 0 Å². The fourth-order valence-electron chi connectivity index (χ4n) is 1.64. The highest BCUT2D eigenvalue weighted by Crippen LogP contribution is 2.29. The molecule has 0 radical (unpaired) electrons. The Hall–Kier alpha value is -1.74. The predicted octanol–water partition coefficient (Wildman–Crippen LogP) is 4.15. The molecular formula is C15H14O2S. The van der Waals surface area contributed by atoms with Gasteiger partial charge in [0, 0.05) is 9.79 Å². The van der Waals surface area contributed by atoms with Gasteiger partial charge in [-0.2, -0.15) is 0 Å². The molecule has 1 N–H and O–H groups in total. The van der Waals surface area contributed by atoms with Gasteiger partial charge < -0.3 is 5.11 Å². The van der Waals surface area contributed by atoms with E-state index in [0.717, 1.165) is 15.4 Å². The summed E-state index contributed by atoms with van der Waals surface area (Å²) in [6.07, 6.45) is 0. The Bertz CT molecular complexity index is 574. The van der Waals surface area contributed by atoms with E-state index < -0.39 is 5.97 Å². The topological polar surface area (TPSA) is 37.3 Å². The standard InChI is InChI=1S/C15H14O2S/c1-10-3-6-12(7-4-10)18-13-8-5-11(2)14(9-13)15(16)17/h3-9H,1-2H3,(H,16,17). The second-order valence-electron chi connectivity index (χ2n) is 4.20. The minimum atomic E-state index is -0.876. The van der Waals surface area contributed by atoms with Crippen molar-refractivity contribution in [3.63, 3.8) is 0 Å². The number of carboxylic acid groups (broad SMARTS) is 1. The van der Waals surface area contributed by atoms with E-state index in [-0.39, 0.29) is 0 Å². The Balaban J connectivity index is 2.27. The molecule has 3 heteroatoms. The third-order valence-corrected chi connectivity index (χ3v) is 3.69. The van der Waals surface area contributed by atoms with E-state index >= 15 is 0 Å². The molecule has 0 heterocycles. The molecule has 0 fully saturated rings. The van der Waals surface area contributed by atoms with Crippen LogP contribution in [-0.4, -0.2) is 11.1 Å². The minimum absolute atomic E-state index is 0.368. The van der Waals surface area contributed by atoms with E-state index in [2.05, 4.69) is 12.1 Å². The van der Waals surface area contributed by atoms with Gasteiger partial charge in [-0.25, -0.2) is 4.79 Å². The molecule has 2 rings (SSSR count). The maximum absolute atomic E-state index is 11.1. The molecule has 2 nitrogen and oxygen atoms in total. The number of rotatable bonds is 3. The number of carboxylic acids is 1. The number of carbonyl (C=O) groups is 1. The largest absolute Gasteiger partial charge is 0.478 e. The minimum Gasteiger partial charge on any atom is -0.478 e. The van der Waals surface area contributed by atoms with Gasteiger partial charge in [-0.05, 0) is 43.7 Å². The highest BCUT2D eigenvalue weighted by Gasteiger charge is 2.08. The molecule has 0 aliphatic heterocycles. The summed E-state index contributed by atoms with van der Waals surface area (Å²) in [5.74, 6) is -0.876. The monoisotopic (exact) mass is 258 g/mol. The van der Waals surface area contributed by atoms with Crippen molar-refractivity contribution in [2.24, 2.45) is 0 Å². The number of hydrogen-bond acceptors (Lipinski definition) is 2. The average Bonchev–Trinajstić information content (AvgIpc) is 2.34. The molecule has 0 bridgehead atoms. The lowest BCUT2D eigenvalue weighted by atomic mass is 10.1. The first-order valence-electron chi connectivity index (χ1n) is 5.65. The van der Waals surface area contributed by atoms with Crippen molar-refractivity contribution in [3.05, 3.63) is 59.2 Å². The molecule has 2 aromatic rings. The molecule has 0 amide bonds. The fraction of sp³-hybridized carbons (Fsp3) is 0.133. The Morgan fingerprint density at radius 2 is 1.61 bits per heavy atom. The van der Waals surface area contributed by atoms with Crippen molar-refractivity contribution < 1.29 is 9.90 Å². The molecule has 0 saturated carbocycles. The molecule has 0 atom stereocenters. The van der Waals surface area contributed by atoms with E-state index in [1.54, 1.807) is 17.8 Å². The molecule has 0 saturated heterocycles. The number of benzene rings is 2. The number of hydrogen-bond donors (Lipinski definition) is 1. The van der Waals surface area contributed by atoms with E-state index in [0.29, 0.717) is 5.56 Å². The Kier molecular flexibility index (Phi) is 3.72. The van der Waals surface area contributed by atoms with E-state index in [9.17, 15) is 4.79 Å². The van der Waals surface area contributed by atoms with Crippen molar-refractivity contribution in [1.29, 1.82) is 0 Å². The molecule has 0 unspecified atom stereocenters. The van der Waals surface area contributed by atoms with Crippen molar-refractivity contribution in [2.75, 3.05) is 0 Å². The van der Waals surface area contributed by atoms with Gasteiger partial charge in [0.2, 0.25) is 0 Å². The summed E-state index contributed by atoms with van der Waals surface area (Å²) in [7, 11) is 0. The van der Waals surface area contributed by atoms with E-state index in [1.807, 2.05) is 38.1 Å². The van der Waals surface area contributed by atoms with Crippen LogP contribution in [0.5, 0.6) is 0 Å². The third kappa shape index (κ3) is 2.93. The predicted molar refractivity (Wildman–Crippen MR) is 73.4 cm³/mol. The lowest BCUT2D eigenvalue weighted by molar-refractivity contribution is 0.0696. The maximum atomic E-state index is 11.1. The molecule has 0 aliphatic carbocycles. The van der Waals surface area contributed by atoms with E-state index in [1.165, 1.54) is 5.56 Å². The van der Waals surface area contributed by atoms with Gasteiger partial charge in [0.05, 0.1) is 5.56 Å². The molecule has 0 spiro atoms. The van der Waals surface area contributed by atoms with Crippen LogP contribution in [0.3, 0.4) is 0 Å². The quantitative estimate of drug-likeness (QED) is 0.898. The van der Waals surface area contributed by atoms with Gasteiger partial charge in [-0.15, -0.1) is 0 Å². The van der Waals surface area contributed by atoms with Crippen LogP contribution in [0.2, 0.25) is 0 Å². The Morgan fingerprint density at radius 3 is 2.22 bits per heavy atom. The maximum Gasteiger partial charge on any atom is 0.335 e. The lowest BCUT2D eigenvalue weighted by Crippen LogP contribution is -1.99. The second-order valence-corrected chi connectivity index (χ2v) is 5.34. The molecule has 2 aromatic carbocycles. The van der Waals surface area contributed by atoms with Crippen molar-refractivity contribution in [3.8, 4) is 0 Å². The van der Waals surface area contributed by atoms with Crippen molar-refractivity contribution in [2.45, 2.75) is 23.6 Å². The first-order chi connectivity index (χ1) is 8.56. The van der Waals surface area contributed by atoms with Crippen LogP contribution < -0.4 is 0 Å². The molecule has 18 heavy (non-hydrogen) atoms. The van der Waals surface area contributed by atoms with Crippen molar-refractivity contribution >= 4 is 17.7 Å². The zero-order chi connectivity index (χ0) is 13.1. The van der Waals surface area contributed by atoms with Crippen LogP contribution in [0.4, 0.5) is 0 Å². The normalized spacial score (nSPS) is 10.3.